The van der Waals surface area contributed by atoms with Gasteiger partial charge in [-0.25, -0.2) is 33.1 Å². The van der Waals surface area contributed by atoms with E-state index in [1.165, 1.54) is 24.5 Å². The zero-order valence-corrected chi connectivity index (χ0v) is 30.0. The number of ether oxygens (including phenoxy) is 3. The molecule has 4 aromatic rings. The number of anilines is 3. The number of hydrogen-bond acceptors (Lipinski definition) is 12. The van der Waals surface area contributed by atoms with Gasteiger partial charge in [-0.15, -0.1) is 0 Å². The number of benzene rings is 1. The molecule has 2 saturated heterocycles. The lowest BCUT2D eigenvalue weighted by Gasteiger charge is -2.37. The van der Waals surface area contributed by atoms with Crippen LogP contribution < -0.4 is 25.5 Å². The lowest BCUT2D eigenvalue weighted by molar-refractivity contribution is -0.0169. The maximum absolute atomic E-state index is 12.8. The maximum Gasteiger partial charge on any atom is 0.264 e. The molecule has 1 aromatic carbocycles. The minimum atomic E-state index is -3.83. The van der Waals surface area contributed by atoms with Crippen LogP contribution >= 0.6 is 12.2 Å². The zero-order chi connectivity index (χ0) is 35.2. The third-order valence-electron chi connectivity index (χ3n) is 9.09. The van der Waals surface area contributed by atoms with Gasteiger partial charge in [-0.2, -0.15) is 0 Å². The second-order valence-electron chi connectivity index (χ2n) is 12.4. The molecule has 2 fully saturated rings. The van der Waals surface area contributed by atoms with Crippen molar-refractivity contribution in [1.82, 2.24) is 34.7 Å². The lowest BCUT2D eigenvalue weighted by Crippen LogP contribution is -2.50. The Labute approximate surface area is 301 Å². The standard InChI is InChI=1S/C34H42N10O5S2/c1-2-48-29-22-27-26(21-28(29)49-18-4-11-42-16-19-47-20-17-42)30-31(40-27)37-23-38-32(30)43-12-14-44(15-13-43)34(50)39-24-5-7-25(8-6-24)51(45,46)41-33-35-9-3-10-36-33/h3,5-10,21-23,28-29H,2,4,11-20H2,1H3,(H,39,50)(H,35,36,41)(H,37,38,40). The number of sulfonamides is 1. The normalized spacial score (nSPS) is 19.6. The van der Waals surface area contributed by atoms with E-state index in [1.807, 2.05) is 6.92 Å². The molecular weight excluding hydrogens is 693 g/mol. The molecule has 0 bridgehead atoms. The Morgan fingerprint density at radius 1 is 0.980 bits per heavy atom. The van der Waals surface area contributed by atoms with Crippen molar-refractivity contribution in [2.75, 3.05) is 87.2 Å². The molecule has 0 spiro atoms. The molecule has 2 atom stereocenters. The first-order valence-corrected chi connectivity index (χ1v) is 19.1. The van der Waals surface area contributed by atoms with Gasteiger partial charge in [0.05, 0.1) is 23.5 Å². The molecule has 7 rings (SSSR count). The van der Waals surface area contributed by atoms with Crippen molar-refractivity contribution in [2.45, 2.75) is 30.4 Å². The Morgan fingerprint density at radius 2 is 1.73 bits per heavy atom. The third-order valence-corrected chi connectivity index (χ3v) is 10.8. The summed E-state index contributed by atoms with van der Waals surface area (Å²) in [6.45, 7) is 10.5. The van der Waals surface area contributed by atoms with E-state index in [4.69, 9.17) is 31.4 Å². The van der Waals surface area contributed by atoms with Gasteiger partial charge in [0.25, 0.3) is 10.0 Å². The van der Waals surface area contributed by atoms with Gasteiger partial charge in [-0.05, 0) is 68.0 Å². The smallest absolute Gasteiger partial charge is 0.264 e. The molecule has 0 saturated carbocycles. The van der Waals surface area contributed by atoms with E-state index in [1.54, 1.807) is 24.5 Å². The molecule has 3 aliphatic rings. The average molecular weight is 735 g/mol. The van der Waals surface area contributed by atoms with E-state index in [9.17, 15) is 8.42 Å². The first-order valence-electron chi connectivity index (χ1n) is 17.2. The second-order valence-corrected chi connectivity index (χ2v) is 14.4. The highest BCUT2D eigenvalue weighted by molar-refractivity contribution is 7.92. The van der Waals surface area contributed by atoms with Gasteiger partial charge >= 0.3 is 0 Å². The molecule has 2 aliphatic heterocycles. The fourth-order valence-electron chi connectivity index (χ4n) is 6.49. The average Bonchev–Trinajstić information content (AvgIpc) is 3.52. The molecule has 3 aromatic heterocycles. The minimum absolute atomic E-state index is 0.00896. The second kappa shape index (κ2) is 16.0. The number of fused-ring (bicyclic) bond motifs is 3. The first-order chi connectivity index (χ1) is 24.9. The van der Waals surface area contributed by atoms with Crippen LogP contribution in [0.2, 0.25) is 0 Å². The van der Waals surface area contributed by atoms with Crippen LogP contribution in [0.5, 0.6) is 0 Å². The summed E-state index contributed by atoms with van der Waals surface area (Å²) in [7, 11) is -3.83. The largest absolute Gasteiger partial charge is 0.379 e. The monoisotopic (exact) mass is 734 g/mol. The minimum Gasteiger partial charge on any atom is -0.379 e. The first kappa shape index (κ1) is 35.2. The van der Waals surface area contributed by atoms with E-state index in [0.717, 1.165) is 66.7 Å². The van der Waals surface area contributed by atoms with Crippen molar-refractivity contribution in [3.8, 4) is 0 Å². The van der Waals surface area contributed by atoms with E-state index in [0.29, 0.717) is 50.2 Å². The van der Waals surface area contributed by atoms with Crippen LogP contribution in [0.1, 0.15) is 13.3 Å². The number of nitrogens with one attached hydrogen (secondary N) is 3. The SMILES string of the molecule is CCOC1C=c2[nH]c3ncnc(N4CCN(C(=S)Nc5ccc(S(=O)(=O)Nc6ncccn6)cc5)CC4)c3c2=CC1OCCCN1CCOCC1. The van der Waals surface area contributed by atoms with E-state index >= 15 is 0 Å². The number of hydrogen-bond donors (Lipinski definition) is 3. The van der Waals surface area contributed by atoms with Crippen molar-refractivity contribution >= 4 is 68.0 Å². The quantitative estimate of drug-likeness (QED) is 0.140. The van der Waals surface area contributed by atoms with E-state index in [2.05, 4.69) is 56.8 Å². The summed E-state index contributed by atoms with van der Waals surface area (Å²) in [5.41, 5.74) is 1.46. The number of aromatic amines is 1. The molecule has 0 amide bonds. The molecule has 51 heavy (non-hydrogen) atoms. The van der Waals surface area contributed by atoms with Gasteiger partial charge in [0.2, 0.25) is 5.95 Å². The highest BCUT2D eigenvalue weighted by atomic mass is 32.2. The van der Waals surface area contributed by atoms with E-state index < -0.39 is 10.0 Å². The molecular formula is C34H42N10O5S2. The van der Waals surface area contributed by atoms with E-state index in [-0.39, 0.29) is 23.1 Å². The molecule has 2 unspecified atom stereocenters. The Hall–Kier alpha value is -4.26. The molecule has 3 N–H and O–H groups in total. The Bertz CT molecular complexity index is 2040. The number of rotatable bonds is 12. The maximum atomic E-state index is 12.8. The van der Waals surface area contributed by atoms with Crippen molar-refractivity contribution in [1.29, 1.82) is 0 Å². The van der Waals surface area contributed by atoms with Gasteiger partial charge in [0, 0.05) is 87.7 Å². The molecule has 0 radical (unpaired) electrons. The number of nitrogens with zero attached hydrogens (tertiary/aromatic N) is 7. The number of piperazine rings is 1. The lowest BCUT2D eigenvalue weighted by atomic mass is 10.1. The highest BCUT2D eigenvalue weighted by Crippen LogP contribution is 2.23. The van der Waals surface area contributed by atoms with Crippen LogP contribution in [0.25, 0.3) is 23.2 Å². The Morgan fingerprint density at radius 3 is 2.47 bits per heavy atom. The van der Waals surface area contributed by atoms with Crippen LogP contribution in [-0.4, -0.2) is 133 Å². The van der Waals surface area contributed by atoms with Gasteiger partial charge in [-0.3, -0.25) is 4.90 Å². The van der Waals surface area contributed by atoms with Gasteiger partial charge in [0.1, 0.15) is 30.0 Å². The highest BCUT2D eigenvalue weighted by Gasteiger charge is 2.27. The Balaban J connectivity index is 0.993. The number of aromatic nitrogens is 5. The Kier molecular flexibility index (Phi) is 11.0. The summed E-state index contributed by atoms with van der Waals surface area (Å²) in [6, 6.07) is 8.00. The summed E-state index contributed by atoms with van der Waals surface area (Å²) < 4.78 is 45.9. The summed E-state index contributed by atoms with van der Waals surface area (Å²) in [6.07, 6.45) is 9.32. The van der Waals surface area contributed by atoms with Crippen LogP contribution in [0.3, 0.4) is 0 Å². The van der Waals surface area contributed by atoms with Crippen molar-refractivity contribution in [3.63, 3.8) is 0 Å². The predicted molar refractivity (Wildman–Crippen MR) is 198 cm³/mol. The fourth-order valence-corrected chi connectivity index (χ4v) is 7.75. The van der Waals surface area contributed by atoms with Gasteiger partial charge in [-0.1, -0.05) is 0 Å². The predicted octanol–water partition coefficient (Wildman–Crippen LogP) is 1.15. The molecule has 15 nitrogen and oxygen atoms in total. The summed E-state index contributed by atoms with van der Waals surface area (Å²) >= 11 is 5.75. The van der Waals surface area contributed by atoms with Gasteiger partial charge < -0.3 is 34.3 Å². The fraction of sp³-hybridized carbons (Fsp3) is 0.441. The number of thiocarbonyl (C=S) groups is 1. The topological polar surface area (TPSA) is 163 Å². The van der Waals surface area contributed by atoms with Crippen LogP contribution in [0, 0.1) is 0 Å². The summed E-state index contributed by atoms with van der Waals surface area (Å²) in [4.78, 5) is 27.5. The molecule has 5 heterocycles. The van der Waals surface area contributed by atoms with Gasteiger partial charge in [0.15, 0.2) is 5.11 Å². The van der Waals surface area contributed by atoms with Crippen molar-refractivity contribution in [3.05, 3.63) is 59.6 Å². The summed E-state index contributed by atoms with van der Waals surface area (Å²) in [5, 5.41) is 6.77. The van der Waals surface area contributed by atoms with Crippen LogP contribution in [0.4, 0.5) is 17.5 Å². The molecule has 1 aliphatic carbocycles. The molecule has 17 heteroatoms. The number of H-pyrrole nitrogens is 1. The van der Waals surface area contributed by atoms with Crippen LogP contribution in [-0.2, 0) is 24.2 Å². The number of morpholine rings is 1. The zero-order valence-electron chi connectivity index (χ0n) is 28.4. The van der Waals surface area contributed by atoms with Crippen molar-refractivity contribution in [2.24, 2.45) is 0 Å². The molecule has 270 valence electrons. The van der Waals surface area contributed by atoms with Crippen molar-refractivity contribution < 1.29 is 22.6 Å². The summed E-state index contributed by atoms with van der Waals surface area (Å²) in [5.74, 6) is 0.877. The third kappa shape index (κ3) is 8.29. The van der Waals surface area contributed by atoms with Crippen LogP contribution in [0.15, 0.2) is 53.9 Å².